The maximum Gasteiger partial charge on any atom is 0.144 e. The van der Waals surface area contributed by atoms with Crippen LogP contribution in [0.25, 0.3) is 0 Å². The Kier molecular flexibility index (Phi) is 3.84. The Labute approximate surface area is 115 Å². The van der Waals surface area contributed by atoms with Crippen LogP contribution < -0.4 is 5.32 Å². The van der Waals surface area contributed by atoms with E-state index in [-0.39, 0.29) is 0 Å². The molecule has 0 unspecified atom stereocenters. The second kappa shape index (κ2) is 5.39. The molecule has 0 saturated heterocycles. The van der Waals surface area contributed by atoms with E-state index in [0.717, 1.165) is 12.4 Å². The molecule has 3 heteroatoms. The Balaban J connectivity index is 2.31. The molecule has 0 spiro atoms. The van der Waals surface area contributed by atoms with Gasteiger partial charge in [-0.1, -0.05) is 0 Å². The van der Waals surface area contributed by atoms with Crippen molar-refractivity contribution in [3.8, 4) is 0 Å². The highest BCUT2D eigenvalue weighted by molar-refractivity contribution is 5.50. The molecule has 1 N–H and O–H groups in total. The predicted octanol–water partition coefficient (Wildman–Crippen LogP) is 3.63. The van der Waals surface area contributed by atoms with E-state index < -0.39 is 0 Å². The summed E-state index contributed by atoms with van der Waals surface area (Å²) in [6.07, 6.45) is 5.13. The van der Waals surface area contributed by atoms with Crippen molar-refractivity contribution in [3.63, 3.8) is 0 Å². The summed E-state index contributed by atoms with van der Waals surface area (Å²) in [5, 5.41) is 3.34. The standard InChI is InChI=1S/C16H21N3/c1-10-11(2)13(4)15(14(5)12(10)3)8-19-16-9-17-6-7-18-16/h6-7,9H,8H2,1-5H3,(H,18,19). The maximum atomic E-state index is 4.24. The zero-order chi connectivity index (χ0) is 14.0. The van der Waals surface area contributed by atoms with Crippen LogP contribution >= 0.6 is 0 Å². The summed E-state index contributed by atoms with van der Waals surface area (Å²) >= 11 is 0. The smallest absolute Gasteiger partial charge is 0.144 e. The number of hydrogen-bond acceptors (Lipinski definition) is 3. The van der Waals surface area contributed by atoms with E-state index in [1.54, 1.807) is 18.6 Å². The maximum absolute atomic E-state index is 4.24. The number of aromatic nitrogens is 2. The summed E-state index contributed by atoms with van der Waals surface area (Å²) in [5.41, 5.74) is 8.29. The number of rotatable bonds is 3. The number of nitrogens with one attached hydrogen (secondary N) is 1. The first-order chi connectivity index (χ1) is 9.02. The molecule has 1 aromatic carbocycles. The Bertz CT molecular complexity index is 560. The molecule has 1 aromatic heterocycles. The number of hydrogen-bond donors (Lipinski definition) is 1. The fourth-order valence-electron chi connectivity index (χ4n) is 2.41. The van der Waals surface area contributed by atoms with Crippen molar-refractivity contribution in [3.05, 3.63) is 52.0 Å². The van der Waals surface area contributed by atoms with Gasteiger partial charge in [-0.3, -0.25) is 4.98 Å². The van der Waals surface area contributed by atoms with Gasteiger partial charge in [0, 0.05) is 18.9 Å². The minimum Gasteiger partial charge on any atom is -0.365 e. The van der Waals surface area contributed by atoms with Gasteiger partial charge in [0.1, 0.15) is 5.82 Å². The summed E-state index contributed by atoms with van der Waals surface area (Å²) in [5.74, 6) is 0.817. The topological polar surface area (TPSA) is 37.8 Å². The molecule has 1 heterocycles. The van der Waals surface area contributed by atoms with Crippen molar-refractivity contribution in [2.75, 3.05) is 5.32 Å². The van der Waals surface area contributed by atoms with Crippen molar-refractivity contribution < 1.29 is 0 Å². The van der Waals surface area contributed by atoms with E-state index in [1.165, 1.54) is 33.4 Å². The van der Waals surface area contributed by atoms with Crippen LogP contribution in [0, 0.1) is 34.6 Å². The summed E-state index contributed by atoms with van der Waals surface area (Å²) in [6, 6.07) is 0. The zero-order valence-corrected chi connectivity index (χ0v) is 12.3. The molecule has 0 aliphatic rings. The Hall–Kier alpha value is -1.90. The van der Waals surface area contributed by atoms with E-state index in [4.69, 9.17) is 0 Å². The highest BCUT2D eigenvalue weighted by Gasteiger charge is 2.11. The molecule has 0 aliphatic heterocycles. The van der Waals surface area contributed by atoms with Crippen LogP contribution in [0.1, 0.15) is 33.4 Å². The van der Waals surface area contributed by atoms with Crippen molar-refractivity contribution in [2.24, 2.45) is 0 Å². The summed E-state index contributed by atoms with van der Waals surface area (Å²) < 4.78 is 0. The lowest BCUT2D eigenvalue weighted by atomic mass is 9.89. The molecule has 19 heavy (non-hydrogen) atoms. The van der Waals surface area contributed by atoms with E-state index in [0.29, 0.717) is 0 Å². The molecule has 0 bridgehead atoms. The van der Waals surface area contributed by atoms with Gasteiger partial charge >= 0.3 is 0 Å². The first-order valence-electron chi connectivity index (χ1n) is 6.58. The normalized spacial score (nSPS) is 10.6. The van der Waals surface area contributed by atoms with Gasteiger partial charge in [-0.15, -0.1) is 0 Å². The zero-order valence-electron chi connectivity index (χ0n) is 12.3. The highest BCUT2D eigenvalue weighted by atomic mass is 15.0. The van der Waals surface area contributed by atoms with Gasteiger partial charge in [0.15, 0.2) is 0 Å². The van der Waals surface area contributed by atoms with Crippen LogP contribution in [0.15, 0.2) is 18.6 Å². The average molecular weight is 255 g/mol. The molecule has 0 saturated carbocycles. The van der Waals surface area contributed by atoms with Gasteiger partial charge in [0.05, 0.1) is 6.20 Å². The van der Waals surface area contributed by atoms with Crippen LogP contribution in [0.4, 0.5) is 5.82 Å². The van der Waals surface area contributed by atoms with Crippen LogP contribution in [-0.2, 0) is 6.54 Å². The average Bonchev–Trinajstić information content (AvgIpc) is 2.44. The van der Waals surface area contributed by atoms with E-state index >= 15 is 0 Å². The lowest BCUT2D eigenvalue weighted by molar-refractivity contribution is 1.02. The molecule has 2 aromatic rings. The molecule has 0 radical (unpaired) electrons. The minimum atomic E-state index is 0.790. The molecule has 2 rings (SSSR count). The quantitative estimate of drug-likeness (QED) is 0.910. The van der Waals surface area contributed by atoms with Crippen LogP contribution in [-0.4, -0.2) is 9.97 Å². The molecular formula is C16H21N3. The van der Waals surface area contributed by atoms with E-state index in [1.807, 2.05) is 0 Å². The van der Waals surface area contributed by atoms with Crippen molar-refractivity contribution in [1.29, 1.82) is 0 Å². The number of nitrogens with zero attached hydrogens (tertiary/aromatic N) is 2. The summed E-state index contributed by atoms with van der Waals surface area (Å²) in [4.78, 5) is 8.31. The van der Waals surface area contributed by atoms with Gasteiger partial charge in [0.2, 0.25) is 0 Å². The lowest BCUT2D eigenvalue weighted by Gasteiger charge is -2.19. The summed E-state index contributed by atoms with van der Waals surface area (Å²) in [7, 11) is 0. The molecule has 100 valence electrons. The highest BCUT2D eigenvalue weighted by Crippen LogP contribution is 2.26. The third kappa shape index (κ3) is 2.60. The molecule has 3 nitrogen and oxygen atoms in total. The predicted molar refractivity (Wildman–Crippen MR) is 79.5 cm³/mol. The number of anilines is 1. The minimum absolute atomic E-state index is 0.790. The van der Waals surface area contributed by atoms with E-state index in [9.17, 15) is 0 Å². The largest absolute Gasteiger partial charge is 0.365 e. The van der Waals surface area contributed by atoms with Gasteiger partial charge in [-0.25, -0.2) is 4.98 Å². The number of benzene rings is 1. The van der Waals surface area contributed by atoms with Gasteiger partial charge < -0.3 is 5.32 Å². The van der Waals surface area contributed by atoms with Crippen LogP contribution in [0.3, 0.4) is 0 Å². The first-order valence-corrected chi connectivity index (χ1v) is 6.58. The molecule has 0 aliphatic carbocycles. The van der Waals surface area contributed by atoms with Gasteiger partial charge in [0.25, 0.3) is 0 Å². The van der Waals surface area contributed by atoms with Gasteiger partial charge in [-0.2, -0.15) is 0 Å². The van der Waals surface area contributed by atoms with Gasteiger partial charge in [-0.05, 0) is 68.0 Å². The third-order valence-electron chi connectivity index (χ3n) is 4.16. The Morgan fingerprint density at radius 1 is 0.842 bits per heavy atom. The second-order valence-electron chi connectivity index (χ2n) is 5.05. The Morgan fingerprint density at radius 3 is 1.95 bits per heavy atom. The third-order valence-corrected chi connectivity index (χ3v) is 4.16. The lowest BCUT2D eigenvalue weighted by Crippen LogP contribution is -2.08. The fourth-order valence-corrected chi connectivity index (χ4v) is 2.41. The van der Waals surface area contributed by atoms with Crippen molar-refractivity contribution in [2.45, 2.75) is 41.2 Å². The first kappa shape index (κ1) is 13.5. The van der Waals surface area contributed by atoms with Crippen molar-refractivity contribution in [1.82, 2.24) is 9.97 Å². The monoisotopic (exact) mass is 255 g/mol. The van der Waals surface area contributed by atoms with Crippen LogP contribution in [0.5, 0.6) is 0 Å². The molecule has 0 fully saturated rings. The van der Waals surface area contributed by atoms with E-state index in [2.05, 4.69) is 49.9 Å². The molecular weight excluding hydrogens is 234 g/mol. The SMILES string of the molecule is Cc1c(C)c(C)c(CNc2cnccn2)c(C)c1C. The van der Waals surface area contributed by atoms with Crippen LogP contribution in [0.2, 0.25) is 0 Å². The summed E-state index contributed by atoms with van der Waals surface area (Å²) in [6.45, 7) is 11.8. The molecule has 0 amide bonds. The second-order valence-corrected chi connectivity index (χ2v) is 5.05. The fraction of sp³-hybridized carbons (Fsp3) is 0.375. The van der Waals surface area contributed by atoms with Crippen molar-refractivity contribution >= 4 is 5.82 Å². The molecule has 0 atom stereocenters. The Morgan fingerprint density at radius 2 is 1.42 bits per heavy atom.